The SMILES string of the molecule is Cc1c2cc[n+](CCBr)cc2c(C)c2c1[nH]c1ccccc12.[Br-]. The second-order valence-electron chi connectivity index (χ2n) is 5.87. The summed E-state index contributed by atoms with van der Waals surface area (Å²) in [6, 6.07) is 10.8. The Morgan fingerprint density at radius 2 is 1.78 bits per heavy atom. The molecule has 0 atom stereocenters. The van der Waals surface area contributed by atoms with Crippen molar-refractivity contribution >= 4 is 48.5 Å². The highest BCUT2D eigenvalue weighted by atomic mass is 79.9. The molecule has 0 saturated heterocycles. The maximum absolute atomic E-state index is 3.60. The van der Waals surface area contributed by atoms with Gasteiger partial charge in [0.15, 0.2) is 18.9 Å². The van der Waals surface area contributed by atoms with E-state index in [-0.39, 0.29) is 17.0 Å². The average Bonchev–Trinajstić information content (AvgIpc) is 2.93. The third kappa shape index (κ3) is 2.48. The van der Waals surface area contributed by atoms with Gasteiger partial charge in [-0.2, -0.15) is 0 Å². The average molecular weight is 434 g/mol. The highest BCUT2D eigenvalue weighted by molar-refractivity contribution is 9.09. The van der Waals surface area contributed by atoms with Gasteiger partial charge in [-0.1, -0.05) is 34.1 Å². The molecular formula is C19H18Br2N2. The fraction of sp³-hybridized carbons (Fsp3) is 0.211. The van der Waals surface area contributed by atoms with Crippen molar-refractivity contribution in [1.29, 1.82) is 0 Å². The van der Waals surface area contributed by atoms with Crippen molar-refractivity contribution in [2.24, 2.45) is 0 Å². The van der Waals surface area contributed by atoms with Crippen LogP contribution >= 0.6 is 15.9 Å². The van der Waals surface area contributed by atoms with Crippen LogP contribution in [-0.4, -0.2) is 10.3 Å². The summed E-state index contributed by atoms with van der Waals surface area (Å²) in [7, 11) is 0. The van der Waals surface area contributed by atoms with E-state index in [2.05, 4.69) is 82.1 Å². The van der Waals surface area contributed by atoms with Gasteiger partial charge in [0.2, 0.25) is 0 Å². The first-order valence-electron chi connectivity index (χ1n) is 7.59. The van der Waals surface area contributed by atoms with Gasteiger partial charge in [0, 0.05) is 27.7 Å². The Hall–Kier alpha value is -1.39. The van der Waals surface area contributed by atoms with Crippen molar-refractivity contribution in [2.45, 2.75) is 20.4 Å². The number of hydrogen-bond donors (Lipinski definition) is 1. The van der Waals surface area contributed by atoms with Crippen molar-refractivity contribution in [3.63, 3.8) is 0 Å². The minimum absolute atomic E-state index is 0. The Balaban J connectivity index is 0.00000156. The quantitative estimate of drug-likeness (QED) is 0.367. The highest BCUT2D eigenvalue weighted by Gasteiger charge is 2.15. The fourth-order valence-electron chi connectivity index (χ4n) is 3.48. The molecule has 0 amide bonds. The van der Waals surface area contributed by atoms with E-state index in [9.17, 15) is 0 Å². The van der Waals surface area contributed by atoms with Gasteiger partial charge in [0.25, 0.3) is 0 Å². The number of aromatic nitrogens is 2. The minimum atomic E-state index is 0. The predicted molar refractivity (Wildman–Crippen MR) is 96.8 cm³/mol. The fourth-order valence-corrected chi connectivity index (χ4v) is 3.89. The lowest BCUT2D eigenvalue weighted by molar-refractivity contribution is -0.690. The molecule has 2 aromatic carbocycles. The highest BCUT2D eigenvalue weighted by Crippen LogP contribution is 2.35. The molecule has 1 N–H and O–H groups in total. The van der Waals surface area contributed by atoms with E-state index in [0.717, 1.165) is 11.9 Å². The molecule has 0 aliphatic rings. The first kappa shape index (κ1) is 16.5. The van der Waals surface area contributed by atoms with Crippen LogP contribution in [0.15, 0.2) is 42.7 Å². The summed E-state index contributed by atoms with van der Waals surface area (Å²) in [5, 5.41) is 6.32. The number of halogens is 2. The molecule has 0 spiro atoms. The van der Waals surface area contributed by atoms with Crippen molar-refractivity contribution in [3.05, 3.63) is 53.9 Å². The van der Waals surface area contributed by atoms with Crippen LogP contribution in [0.25, 0.3) is 32.6 Å². The van der Waals surface area contributed by atoms with Crippen molar-refractivity contribution in [1.82, 2.24) is 4.98 Å². The molecule has 0 bridgehead atoms. The van der Waals surface area contributed by atoms with Gasteiger partial charge in [-0.3, -0.25) is 0 Å². The summed E-state index contributed by atoms with van der Waals surface area (Å²) in [4.78, 5) is 3.60. The van der Waals surface area contributed by atoms with E-state index < -0.39 is 0 Å². The number of hydrogen-bond acceptors (Lipinski definition) is 0. The van der Waals surface area contributed by atoms with Gasteiger partial charge in [0.1, 0.15) is 0 Å². The van der Waals surface area contributed by atoms with E-state index in [1.807, 2.05) is 0 Å². The zero-order valence-corrected chi connectivity index (χ0v) is 16.3. The van der Waals surface area contributed by atoms with Gasteiger partial charge >= 0.3 is 0 Å². The van der Waals surface area contributed by atoms with E-state index >= 15 is 0 Å². The van der Waals surface area contributed by atoms with Crippen LogP contribution in [0.3, 0.4) is 0 Å². The van der Waals surface area contributed by atoms with Gasteiger partial charge in [-0.25, -0.2) is 4.57 Å². The molecule has 0 fully saturated rings. The number of nitrogens with zero attached hydrogens (tertiary/aromatic N) is 1. The Labute approximate surface area is 154 Å². The summed E-state index contributed by atoms with van der Waals surface area (Å²) in [6.07, 6.45) is 4.45. The van der Waals surface area contributed by atoms with Crippen LogP contribution in [0, 0.1) is 13.8 Å². The van der Waals surface area contributed by atoms with Crippen LogP contribution < -0.4 is 21.5 Å². The summed E-state index contributed by atoms with van der Waals surface area (Å²) in [5.41, 5.74) is 5.17. The number of aryl methyl sites for hydroxylation is 3. The van der Waals surface area contributed by atoms with Gasteiger partial charge in [0.05, 0.1) is 10.8 Å². The number of rotatable bonds is 2. The number of benzene rings is 2. The van der Waals surface area contributed by atoms with E-state index in [4.69, 9.17) is 0 Å². The molecule has 0 aliphatic heterocycles. The summed E-state index contributed by atoms with van der Waals surface area (Å²) in [6.45, 7) is 5.44. The number of H-pyrrole nitrogens is 1. The van der Waals surface area contributed by atoms with Crippen molar-refractivity contribution in [3.8, 4) is 0 Å². The van der Waals surface area contributed by atoms with Gasteiger partial charge in [-0.05, 0) is 36.4 Å². The molecule has 4 heteroatoms. The summed E-state index contributed by atoms with van der Waals surface area (Å²) < 4.78 is 2.25. The molecule has 0 saturated carbocycles. The normalized spacial score (nSPS) is 11.3. The Morgan fingerprint density at radius 1 is 1.00 bits per heavy atom. The molecule has 0 unspecified atom stereocenters. The van der Waals surface area contributed by atoms with Gasteiger partial charge in [-0.15, -0.1) is 0 Å². The van der Waals surface area contributed by atoms with E-state index in [1.165, 1.54) is 43.7 Å². The Bertz CT molecular complexity index is 1020. The molecule has 4 aromatic rings. The third-order valence-electron chi connectivity index (χ3n) is 4.62. The van der Waals surface area contributed by atoms with Crippen LogP contribution in [-0.2, 0) is 6.54 Å². The Morgan fingerprint density at radius 3 is 2.57 bits per heavy atom. The number of fused-ring (bicyclic) bond motifs is 4. The number of aromatic amines is 1. The second-order valence-corrected chi connectivity index (χ2v) is 6.66. The second kappa shape index (κ2) is 6.25. The lowest BCUT2D eigenvalue weighted by Gasteiger charge is -2.08. The lowest BCUT2D eigenvalue weighted by atomic mass is 9.97. The molecule has 0 aliphatic carbocycles. The van der Waals surface area contributed by atoms with E-state index in [0.29, 0.717) is 0 Å². The molecule has 2 heterocycles. The molecule has 2 aromatic heterocycles. The predicted octanol–water partition coefficient (Wildman–Crippen LogP) is 1.78. The van der Waals surface area contributed by atoms with Crippen LogP contribution in [0.2, 0.25) is 0 Å². The Kier molecular flexibility index (Phi) is 4.47. The summed E-state index contributed by atoms with van der Waals surface area (Å²) in [5.74, 6) is 0. The maximum atomic E-state index is 3.60. The monoisotopic (exact) mass is 432 g/mol. The van der Waals surface area contributed by atoms with E-state index in [1.54, 1.807) is 0 Å². The molecular weight excluding hydrogens is 416 g/mol. The number of para-hydroxylation sites is 1. The molecule has 118 valence electrons. The zero-order valence-electron chi connectivity index (χ0n) is 13.2. The van der Waals surface area contributed by atoms with Crippen molar-refractivity contribution in [2.75, 3.05) is 5.33 Å². The molecule has 2 nitrogen and oxygen atoms in total. The smallest absolute Gasteiger partial charge is 0.176 e. The zero-order chi connectivity index (χ0) is 15.3. The minimum Gasteiger partial charge on any atom is -1.00 e. The first-order chi connectivity index (χ1) is 10.7. The van der Waals surface area contributed by atoms with Crippen LogP contribution in [0.5, 0.6) is 0 Å². The van der Waals surface area contributed by atoms with Crippen molar-refractivity contribution < 1.29 is 21.5 Å². The number of alkyl halides is 1. The summed E-state index contributed by atoms with van der Waals surface area (Å²) >= 11 is 3.52. The van der Waals surface area contributed by atoms with Crippen LogP contribution in [0.1, 0.15) is 11.1 Å². The van der Waals surface area contributed by atoms with Crippen LogP contribution in [0.4, 0.5) is 0 Å². The third-order valence-corrected chi connectivity index (χ3v) is 4.98. The molecule has 4 rings (SSSR count). The number of nitrogens with one attached hydrogen (secondary N) is 1. The maximum Gasteiger partial charge on any atom is 0.176 e. The largest absolute Gasteiger partial charge is 1.00 e. The molecule has 23 heavy (non-hydrogen) atoms. The van der Waals surface area contributed by atoms with Gasteiger partial charge < -0.3 is 22.0 Å². The first-order valence-corrected chi connectivity index (χ1v) is 8.71. The molecule has 0 radical (unpaired) electrons. The standard InChI is InChI=1S/C19H17BrN2.BrH/c1-12-16-11-22(10-8-20)9-7-14(16)13(2)19-18(12)15-5-3-4-6-17(15)21-19;/h3-7,9,11H,8,10H2,1-2H3;1H. The topological polar surface area (TPSA) is 19.7 Å². The lowest BCUT2D eigenvalue weighted by Crippen LogP contribution is -3.00. The number of pyridine rings is 1.